The molecule has 0 saturated heterocycles. The fourth-order valence-electron chi connectivity index (χ4n) is 0.960. The van der Waals surface area contributed by atoms with Crippen LogP contribution < -0.4 is 0 Å². The van der Waals surface area contributed by atoms with Crippen molar-refractivity contribution in [3.05, 3.63) is 0 Å². The Morgan fingerprint density at radius 1 is 1.89 bits per heavy atom. The van der Waals surface area contributed by atoms with E-state index >= 15 is 0 Å². The van der Waals surface area contributed by atoms with Gasteiger partial charge >= 0.3 is 5.97 Å². The predicted molar refractivity (Wildman–Crippen MR) is 29.9 cm³/mol. The molecule has 2 atom stereocenters. The standard InChI is InChI=1S/C6H8O3/c1-4-2-6(4,3-7)5(8)9/h3-4H,2H2,1H3,(H,8,9)/t4?,6-/m0/s1. The molecule has 1 aliphatic rings. The van der Waals surface area contributed by atoms with Crippen LogP contribution in [-0.2, 0) is 9.59 Å². The van der Waals surface area contributed by atoms with E-state index in [1.165, 1.54) is 0 Å². The minimum Gasteiger partial charge on any atom is -0.480 e. The van der Waals surface area contributed by atoms with Gasteiger partial charge in [-0.3, -0.25) is 4.79 Å². The molecule has 9 heavy (non-hydrogen) atoms. The highest BCUT2D eigenvalue weighted by atomic mass is 16.4. The maximum Gasteiger partial charge on any atom is 0.317 e. The normalized spacial score (nSPS) is 39.9. The van der Waals surface area contributed by atoms with Gasteiger partial charge in [0.05, 0.1) is 0 Å². The van der Waals surface area contributed by atoms with Gasteiger partial charge in [-0.25, -0.2) is 0 Å². The van der Waals surface area contributed by atoms with Crippen LogP contribution >= 0.6 is 0 Å². The van der Waals surface area contributed by atoms with E-state index in [2.05, 4.69) is 0 Å². The third-order valence-corrected chi connectivity index (χ3v) is 1.97. The maximum atomic E-state index is 10.3. The maximum absolute atomic E-state index is 10.3. The van der Waals surface area contributed by atoms with Crippen molar-refractivity contribution in [3.8, 4) is 0 Å². The summed E-state index contributed by atoms with van der Waals surface area (Å²) in [6.07, 6.45) is 1.05. The molecule has 1 unspecified atom stereocenters. The SMILES string of the molecule is CC1C[C@@]1(C=O)C(=O)O. The van der Waals surface area contributed by atoms with Crippen LogP contribution in [0, 0.1) is 11.3 Å². The topological polar surface area (TPSA) is 54.4 Å². The number of carboxylic acids is 1. The number of carboxylic acid groups (broad SMARTS) is 1. The van der Waals surface area contributed by atoms with Crippen LogP contribution in [0.4, 0.5) is 0 Å². The molecule has 0 aromatic rings. The fourth-order valence-corrected chi connectivity index (χ4v) is 0.960. The largest absolute Gasteiger partial charge is 0.480 e. The molecule has 0 spiro atoms. The van der Waals surface area contributed by atoms with E-state index in [1.54, 1.807) is 6.92 Å². The second kappa shape index (κ2) is 1.56. The predicted octanol–water partition coefficient (Wildman–Crippen LogP) is 0.296. The Morgan fingerprint density at radius 2 is 2.33 bits per heavy atom. The number of rotatable bonds is 2. The Bertz CT molecular complexity index is 164. The van der Waals surface area contributed by atoms with E-state index < -0.39 is 11.4 Å². The lowest BCUT2D eigenvalue weighted by Gasteiger charge is -1.96. The first-order valence-electron chi connectivity index (χ1n) is 2.83. The van der Waals surface area contributed by atoms with Gasteiger partial charge in [0.1, 0.15) is 11.7 Å². The van der Waals surface area contributed by atoms with E-state index in [4.69, 9.17) is 5.11 Å². The second-order valence-corrected chi connectivity index (χ2v) is 2.57. The summed E-state index contributed by atoms with van der Waals surface area (Å²) in [5.74, 6) is -0.947. The van der Waals surface area contributed by atoms with Crippen molar-refractivity contribution in [3.63, 3.8) is 0 Å². The average Bonchev–Trinajstić information content (AvgIpc) is 2.43. The first kappa shape index (κ1) is 6.26. The lowest BCUT2D eigenvalue weighted by atomic mass is 10.1. The van der Waals surface area contributed by atoms with E-state index in [-0.39, 0.29) is 5.92 Å². The number of carbonyl (C=O) groups excluding carboxylic acids is 1. The minimum absolute atomic E-state index is 0.0347. The molecule has 0 heterocycles. The van der Waals surface area contributed by atoms with Crippen LogP contribution in [0.5, 0.6) is 0 Å². The van der Waals surface area contributed by atoms with Gasteiger partial charge in [0, 0.05) is 0 Å². The van der Waals surface area contributed by atoms with Gasteiger partial charge in [-0.15, -0.1) is 0 Å². The first-order chi connectivity index (χ1) is 4.13. The third-order valence-electron chi connectivity index (χ3n) is 1.97. The van der Waals surface area contributed by atoms with Crippen LogP contribution in [0.2, 0.25) is 0 Å². The molecule has 0 amide bonds. The molecule has 0 aromatic carbocycles. The van der Waals surface area contributed by atoms with Crippen molar-refractivity contribution < 1.29 is 14.7 Å². The molecule has 0 bridgehead atoms. The Labute approximate surface area is 52.7 Å². The summed E-state index contributed by atoms with van der Waals surface area (Å²) in [7, 11) is 0. The Morgan fingerprint density at radius 3 is 2.33 bits per heavy atom. The lowest BCUT2D eigenvalue weighted by Crippen LogP contribution is -2.17. The molecular weight excluding hydrogens is 120 g/mol. The van der Waals surface area contributed by atoms with Gasteiger partial charge in [-0.1, -0.05) is 6.92 Å². The molecule has 0 radical (unpaired) electrons. The van der Waals surface area contributed by atoms with E-state index in [0.717, 1.165) is 0 Å². The minimum atomic E-state index is -1.01. The van der Waals surface area contributed by atoms with Gasteiger partial charge in [0.25, 0.3) is 0 Å². The molecular formula is C6H8O3. The molecule has 0 aliphatic heterocycles. The van der Waals surface area contributed by atoms with Crippen LogP contribution in [0.3, 0.4) is 0 Å². The third kappa shape index (κ3) is 0.642. The molecule has 1 saturated carbocycles. The smallest absolute Gasteiger partial charge is 0.317 e. The summed E-state index contributed by atoms with van der Waals surface area (Å²) in [5.41, 5.74) is -1.01. The summed E-state index contributed by atoms with van der Waals surface area (Å²) in [6, 6.07) is 0. The quantitative estimate of drug-likeness (QED) is 0.429. The summed E-state index contributed by atoms with van der Waals surface area (Å²) in [6.45, 7) is 1.77. The van der Waals surface area contributed by atoms with Crippen molar-refractivity contribution in [1.29, 1.82) is 0 Å². The van der Waals surface area contributed by atoms with Gasteiger partial charge in [-0.05, 0) is 12.3 Å². The number of hydrogen-bond donors (Lipinski definition) is 1. The van der Waals surface area contributed by atoms with Crippen molar-refractivity contribution >= 4 is 12.3 Å². The molecule has 1 aliphatic carbocycles. The van der Waals surface area contributed by atoms with Crippen molar-refractivity contribution in [2.75, 3.05) is 0 Å². The zero-order chi connectivity index (χ0) is 7.07. The van der Waals surface area contributed by atoms with E-state index in [1.807, 2.05) is 0 Å². The van der Waals surface area contributed by atoms with Crippen LogP contribution in [0.25, 0.3) is 0 Å². The molecule has 50 valence electrons. The highest BCUT2D eigenvalue weighted by Crippen LogP contribution is 2.50. The molecule has 1 fully saturated rings. The highest BCUT2D eigenvalue weighted by Gasteiger charge is 2.58. The number of carbonyl (C=O) groups is 2. The van der Waals surface area contributed by atoms with Gasteiger partial charge in [0.2, 0.25) is 0 Å². The van der Waals surface area contributed by atoms with Crippen molar-refractivity contribution in [2.45, 2.75) is 13.3 Å². The Hall–Kier alpha value is -0.860. The summed E-state index contributed by atoms with van der Waals surface area (Å²) >= 11 is 0. The molecule has 0 aromatic heterocycles. The van der Waals surface area contributed by atoms with Gasteiger partial charge in [-0.2, -0.15) is 0 Å². The van der Waals surface area contributed by atoms with Crippen LogP contribution in [-0.4, -0.2) is 17.4 Å². The van der Waals surface area contributed by atoms with Gasteiger partial charge in [0.15, 0.2) is 0 Å². The second-order valence-electron chi connectivity index (χ2n) is 2.57. The van der Waals surface area contributed by atoms with Crippen molar-refractivity contribution in [1.82, 2.24) is 0 Å². The molecule has 1 N–H and O–H groups in total. The zero-order valence-corrected chi connectivity index (χ0v) is 5.13. The zero-order valence-electron chi connectivity index (χ0n) is 5.13. The molecule has 3 heteroatoms. The summed E-state index contributed by atoms with van der Waals surface area (Å²) in [5, 5.41) is 8.44. The number of hydrogen-bond acceptors (Lipinski definition) is 2. The van der Waals surface area contributed by atoms with E-state index in [9.17, 15) is 9.59 Å². The van der Waals surface area contributed by atoms with Gasteiger partial charge < -0.3 is 9.90 Å². The monoisotopic (exact) mass is 128 g/mol. The highest BCUT2D eigenvalue weighted by molar-refractivity contribution is 5.95. The number of aldehydes is 1. The lowest BCUT2D eigenvalue weighted by molar-refractivity contribution is -0.145. The van der Waals surface area contributed by atoms with Crippen LogP contribution in [0.15, 0.2) is 0 Å². The molecule has 1 rings (SSSR count). The Kier molecular flexibility index (Phi) is 1.08. The Balaban J connectivity index is 2.73. The summed E-state index contributed by atoms with van der Waals surface area (Å²) in [4.78, 5) is 20.5. The summed E-state index contributed by atoms with van der Waals surface area (Å²) < 4.78 is 0. The fraction of sp³-hybridized carbons (Fsp3) is 0.667. The van der Waals surface area contributed by atoms with E-state index in [0.29, 0.717) is 12.7 Å². The first-order valence-corrected chi connectivity index (χ1v) is 2.83. The van der Waals surface area contributed by atoms with Crippen molar-refractivity contribution in [2.24, 2.45) is 11.3 Å². The average molecular weight is 128 g/mol. The van der Waals surface area contributed by atoms with Crippen LogP contribution in [0.1, 0.15) is 13.3 Å². The molecule has 3 nitrogen and oxygen atoms in total. The number of aliphatic carboxylic acids is 1.